The number of hydrogen-bond donors (Lipinski definition) is 1. The fourth-order valence-electron chi connectivity index (χ4n) is 3.94. The Morgan fingerprint density at radius 3 is 2.68 bits per heavy atom. The molecule has 168 valence electrons. The molecule has 8 heteroatoms. The molecule has 0 bridgehead atoms. The molecule has 0 unspecified atom stereocenters. The van der Waals surface area contributed by atoms with Crippen molar-refractivity contribution < 1.29 is 9.47 Å². The van der Waals surface area contributed by atoms with Crippen LogP contribution in [0.15, 0.2) is 29.5 Å². The van der Waals surface area contributed by atoms with Crippen LogP contribution in [0.3, 0.4) is 0 Å². The van der Waals surface area contributed by atoms with Crippen LogP contribution >= 0.6 is 12.4 Å². The van der Waals surface area contributed by atoms with E-state index in [0.29, 0.717) is 24.5 Å². The summed E-state index contributed by atoms with van der Waals surface area (Å²) in [7, 11) is 1.69. The number of hydrogen-bond acceptors (Lipinski definition) is 5. The molecule has 2 heterocycles. The summed E-state index contributed by atoms with van der Waals surface area (Å²) in [5.74, 6) is 2.83. The minimum Gasteiger partial charge on any atom is -0.493 e. The summed E-state index contributed by atoms with van der Waals surface area (Å²) in [6.45, 7) is 7.59. The maximum absolute atomic E-state index is 6.26. The molecular weight excluding hydrogens is 414 g/mol. The van der Waals surface area contributed by atoms with Gasteiger partial charge in [0.2, 0.25) is 0 Å². The number of nitrogens with zero attached hydrogens (tertiary/aromatic N) is 4. The highest BCUT2D eigenvalue weighted by atomic mass is 35.5. The van der Waals surface area contributed by atoms with Crippen LogP contribution in [0, 0.1) is 0 Å². The summed E-state index contributed by atoms with van der Waals surface area (Å²) in [6, 6.07) is 6.13. The molecule has 1 aliphatic carbocycles. The SMILES string of the molecule is CCN=c1ncn(Cc2ccc(OC)c(OC3CCCC3)c2)c2nc(C(C)C)[nH]c12.Cl. The topological polar surface area (TPSA) is 77.3 Å². The first-order chi connectivity index (χ1) is 14.6. The van der Waals surface area contributed by atoms with Crippen molar-refractivity contribution in [3.05, 3.63) is 41.4 Å². The number of ether oxygens (including phenoxy) is 2. The van der Waals surface area contributed by atoms with E-state index in [4.69, 9.17) is 14.5 Å². The molecule has 0 spiro atoms. The monoisotopic (exact) mass is 445 g/mol. The number of imidazole rings is 1. The fraction of sp³-hybridized carbons (Fsp3) is 0.522. The molecule has 1 N–H and O–H groups in total. The molecule has 31 heavy (non-hydrogen) atoms. The van der Waals surface area contributed by atoms with Crippen LogP contribution in [-0.2, 0) is 6.54 Å². The van der Waals surface area contributed by atoms with Gasteiger partial charge in [-0.1, -0.05) is 19.9 Å². The molecule has 0 aliphatic heterocycles. The molecule has 3 aromatic rings. The van der Waals surface area contributed by atoms with Gasteiger partial charge in [0.05, 0.1) is 26.1 Å². The molecule has 1 saturated carbocycles. The normalized spacial score (nSPS) is 14.9. The third-order valence-electron chi connectivity index (χ3n) is 5.55. The van der Waals surface area contributed by atoms with Gasteiger partial charge in [0, 0.05) is 12.5 Å². The Bertz CT molecular complexity index is 1080. The lowest BCUT2D eigenvalue weighted by Crippen LogP contribution is -2.15. The van der Waals surface area contributed by atoms with E-state index in [1.165, 1.54) is 12.8 Å². The predicted octanol–water partition coefficient (Wildman–Crippen LogP) is 4.60. The van der Waals surface area contributed by atoms with Gasteiger partial charge in [0.25, 0.3) is 0 Å². The van der Waals surface area contributed by atoms with Crippen molar-refractivity contribution in [3.63, 3.8) is 0 Å². The van der Waals surface area contributed by atoms with Crippen LogP contribution < -0.4 is 15.0 Å². The number of H-pyrrole nitrogens is 1. The van der Waals surface area contributed by atoms with Gasteiger partial charge in [0.15, 0.2) is 22.6 Å². The summed E-state index contributed by atoms with van der Waals surface area (Å²) in [4.78, 5) is 17.4. The molecular formula is C23H32ClN5O2. The molecule has 0 atom stereocenters. The lowest BCUT2D eigenvalue weighted by molar-refractivity contribution is 0.200. The number of methoxy groups -OCH3 is 1. The van der Waals surface area contributed by atoms with Gasteiger partial charge in [0.1, 0.15) is 11.3 Å². The number of aromatic nitrogens is 4. The van der Waals surface area contributed by atoms with Gasteiger partial charge in [-0.2, -0.15) is 0 Å². The van der Waals surface area contributed by atoms with E-state index in [0.717, 1.165) is 46.9 Å². The second-order valence-electron chi connectivity index (χ2n) is 8.16. The van der Waals surface area contributed by atoms with Gasteiger partial charge >= 0.3 is 0 Å². The zero-order valence-electron chi connectivity index (χ0n) is 18.7. The van der Waals surface area contributed by atoms with Crippen LogP contribution in [0.25, 0.3) is 11.2 Å². The third kappa shape index (κ3) is 5.03. The number of benzene rings is 1. The number of rotatable bonds is 7. The van der Waals surface area contributed by atoms with Crippen molar-refractivity contribution >= 4 is 23.6 Å². The van der Waals surface area contributed by atoms with Gasteiger partial charge in [-0.25, -0.2) is 9.97 Å². The van der Waals surface area contributed by atoms with Crippen molar-refractivity contribution in [1.29, 1.82) is 0 Å². The van der Waals surface area contributed by atoms with Crippen LogP contribution in [-0.4, -0.2) is 39.3 Å². The van der Waals surface area contributed by atoms with Gasteiger partial charge < -0.3 is 19.0 Å². The van der Waals surface area contributed by atoms with Crippen LogP contribution in [0.4, 0.5) is 0 Å². The molecule has 2 aromatic heterocycles. The molecule has 0 radical (unpaired) electrons. The summed E-state index contributed by atoms with van der Waals surface area (Å²) >= 11 is 0. The van der Waals surface area contributed by atoms with Crippen LogP contribution in [0.1, 0.15) is 63.8 Å². The molecule has 0 saturated heterocycles. The number of nitrogens with one attached hydrogen (secondary N) is 1. The Morgan fingerprint density at radius 1 is 1.23 bits per heavy atom. The fourth-order valence-corrected chi connectivity index (χ4v) is 3.94. The number of aromatic amines is 1. The number of fused-ring (bicyclic) bond motifs is 1. The van der Waals surface area contributed by atoms with Crippen molar-refractivity contribution in [2.45, 2.75) is 65.0 Å². The summed E-state index contributed by atoms with van der Waals surface area (Å²) in [5.41, 5.74) is 3.59. The standard InChI is InChI=1S/C23H31N5O2.ClH/c1-5-24-22-20-23(27-21(26-20)15(2)3)28(14-25-22)13-16-10-11-18(29-4)19(12-16)30-17-8-6-7-9-17;/h10-12,14-15,17H,5-9,13H2,1-4H3,(H,26,27);1H. The molecule has 7 nitrogen and oxygen atoms in total. The van der Waals surface area contributed by atoms with Crippen molar-refractivity contribution in [1.82, 2.24) is 19.5 Å². The van der Waals surface area contributed by atoms with E-state index in [1.54, 1.807) is 7.11 Å². The van der Waals surface area contributed by atoms with E-state index >= 15 is 0 Å². The Labute approximate surface area is 189 Å². The Kier molecular flexibility index (Phi) is 7.59. The minimum atomic E-state index is 0. The minimum absolute atomic E-state index is 0. The quantitative estimate of drug-likeness (QED) is 0.576. The van der Waals surface area contributed by atoms with Crippen LogP contribution in [0.2, 0.25) is 0 Å². The molecule has 0 amide bonds. The van der Waals surface area contributed by atoms with Crippen molar-refractivity contribution in [2.24, 2.45) is 4.99 Å². The summed E-state index contributed by atoms with van der Waals surface area (Å²) in [6.07, 6.45) is 6.80. The van der Waals surface area contributed by atoms with Crippen LogP contribution in [0.5, 0.6) is 11.5 Å². The first-order valence-corrected chi connectivity index (χ1v) is 10.9. The second kappa shape index (κ2) is 10.2. The van der Waals surface area contributed by atoms with E-state index in [-0.39, 0.29) is 18.5 Å². The largest absolute Gasteiger partial charge is 0.493 e. The van der Waals surface area contributed by atoms with E-state index in [2.05, 4.69) is 45.5 Å². The summed E-state index contributed by atoms with van der Waals surface area (Å²) < 4.78 is 13.9. The highest BCUT2D eigenvalue weighted by Gasteiger charge is 2.19. The lowest BCUT2D eigenvalue weighted by Gasteiger charge is -2.17. The molecule has 1 aromatic carbocycles. The second-order valence-corrected chi connectivity index (χ2v) is 8.16. The van der Waals surface area contributed by atoms with Gasteiger partial charge in [-0.3, -0.25) is 4.99 Å². The molecule has 1 aliphatic rings. The first kappa shape index (κ1) is 23.1. The molecule has 1 fully saturated rings. The third-order valence-corrected chi connectivity index (χ3v) is 5.55. The van der Waals surface area contributed by atoms with Gasteiger partial charge in [-0.05, 0) is 50.3 Å². The zero-order chi connectivity index (χ0) is 21.1. The number of halogens is 1. The Hall–Kier alpha value is -2.54. The van der Waals surface area contributed by atoms with E-state index in [9.17, 15) is 0 Å². The Balaban J connectivity index is 0.00000272. The zero-order valence-corrected chi connectivity index (χ0v) is 19.5. The predicted molar refractivity (Wildman–Crippen MR) is 124 cm³/mol. The van der Waals surface area contributed by atoms with Crippen molar-refractivity contribution in [3.8, 4) is 11.5 Å². The average Bonchev–Trinajstić information content (AvgIpc) is 3.40. The maximum atomic E-state index is 6.26. The smallest absolute Gasteiger partial charge is 0.176 e. The van der Waals surface area contributed by atoms with Gasteiger partial charge in [-0.15, -0.1) is 12.4 Å². The Morgan fingerprint density at radius 2 is 2.00 bits per heavy atom. The molecule has 4 rings (SSSR count). The highest BCUT2D eigenvalue weighted by molar-refractivity contribution is 5.85. The summed E-state index contributed by atoms with van der Waals surface area (Å²) in [5, 5.41) is 0. The first-order valence-electron chi connectivity index (χ1n) is 10.9. The van der Waals surface area contributed by atoms with E-state index in [1.807, 2.05) is 19.3 Å². The lowest BCUT2D eigenvalue weighted by atomic mass is 10.2. The average molecular weight is 446 g/mol. The van der Waals surface area contributed by atoms with Crippen molar-refractivity contribution in [2.75, 3.05) is 13.7 Å². The van der Waals surface area contributed by atoms with E-state index < -0.39 is 0 Å². The maximum Gasteiger partial charge on any atom is 0.176 e. The highest BCUT2D eigenvalue weighted by Crippen LogP contribution is 2.32.